The third kappa shape index (κ3) is 6.21. The number of aliphatic carboxylic acids is 1. The first-order valence-corrected chi connectivity index (χ1v) is 7.27. The minimum atomic E-state index is -0.734. The van der Waals surface area contributed by atoms with Gasteiger partial charge in [-0.15, -0.1) is 0 Å². The van der Waals surface area contributed by atoms with Gasteiger partial charge >= 0.3 is 5.97 Å². The van der Waals surface area contributed by atoms with E-state index in [9.17, 15) is 4.79 Å². The minimum Gasteiger partial charge on any atom is -0.481 e. The van der Waals surface area contributed by atoms with Crippen LogP contribution >= 0.6 is 15.9 Å². The Morgan fingerprint density at radius 1 is 1.37 bits per heavy atom. The molecule has 0 aromatic heterocycles. The maximum atomic E-state index is 10.9. The fourth-order valence-electron chi connectivity index (χ4n) is 1.69. The first kappa shape index (κ1) is 16.2. The van der Waals surface area contributed by atoms with Crippen molar-refractivity contribution in [3.8, 4) is 0 Å². The number of unbranched alkanes of at least 4 members (excludes halogenated alkanes) is 1. The lowest BCUT2D eigenvalue weighted by Crippen LogP contribution is -2.23. The van der Waals surface area contributed by atoms with Gasteiger partial charge in [0.05, 0.1) is 12.0 Å². The Morgan fingerprint density at radius 3 is 2.74 bits per heavy atom. The average Bonchev–Trinajstić information content (AvgIpc) is 2.33. The number of carboxylic acid groups (broad SMARTS) is 1. The molecule has 0 aliphatic carbocycles. The van der Waals surface area contributed by atoms with E-state index >= 15 is 0 Å². The van der Waals surface area contributed by atoms with Gasteiger partial charge in [-0.3, -0.25) is 4.79 Å². The normalized spacial score (nSPS) is 11.5. The van der Waals surface area contributed by atoms with Crippen molar-refractivity contribution >= 4 is 21.9 Å². The molecule has 0 spiro atoms. The monoisotopic (exact) mass is 328 g/mol. The van der Waals surface area contributed by atoms with Crippen LogP contribution in [0.2, 0.25) is 0 Å². The van der Waals surface area contributed by atoms with E-state index in [4.69, 9.17) is 9.84 Å². The van der Waals surface area contributed by atoms with E-state index in [2.05, 4.69) is 15.9 Å². The van der Waals surface area contributed by atoms with Crippen molar-refractivity contribution in [2.24, 2.45) is 5.41 Å². The highest BCUT2D eigenvalue weighted by Gasteiger charge is 2.25. The summed E-state index contributed by atoms with van der Waals surface area (Å²) in [6.07, 6.45) is 2.45. The first-order chi connectivity index (χ1) is 8.92. The smallest absolute Gasteiger partial charge is 0.309 e. The summed E-state index contributed by atoms with van der Waals surface area (Å²) in [6, 6.07) is 8.03. The summed E-state index contributed by atoms with van der Waals surface area (Å²) in [5.41, 5.74) is 0.504. The molecule has 0 heterocycles. The Kier molecular flexibility index (Phi) is 6.52. The number of benzene rings is 1. The molecule has 0 fully saturated rings. The maximum Gasteiger partial charge on any atom is 0.309 e. The van der Waals surface area contributed by atoms with E-state index in [-0.39, 0.29) is 0 Å². The number of rotatable bonds is 8. The van der Waals surface area contributed by atoms with Crippen LogP contribution in [0, 0.1) is 5.41 Å². The zero-order valence-electron chi connectivity index (χ0n) is 11.5. The van der Waals surface area contributed by atoms with Crippen molar-refractivity contribution < 1.29 is 14.6 Å². The Balaban J connectivity index is 2.14. The lowest BCUT2D eigenvalue weighted by atomic mass is 9.87. The SMILES string of the molecule is CC(C)(CCCCOCc1cccc(Br)c1)C(=O)O. The van der Waals surface area contributed by atoms with Gasteiger partial charge in [0.2, 0.25) is 0 Å². The molecule has 106 valence electrons. The van der Waals surface area contributed by atoms with E-state index in [0.29, 0.717) is 19.6 Å². The summed E-state index contributed by atoms with van der Waals surface area (Å²) in [5.74, 6) is -0.734. The van der Waals surface area contributed by atoms with Gasteiger partial charge in [0.15, 0.2) is 0 Å². The summed E-state index contributed by atoms with van der Waals surface area (Å²) in [6.45, 7) is 4.79. The molecular weight excluding hydrogens is 308 g/mol. The number of carbonyl (C=O) groups is 1. The van der Waals surface area contributed by atoms with Crippen LogP contribution in [0.1, 0.15) is 38.7 Å². The number of hydrogen-bond donors (Lipinski definition) is 1. The van der Waals surface area contributed by atoms with Crippen LogP contribution in [0.5, 0.6) is 0 Å². The van der Waals surface area contributed by atoms with Gasteiger partial charge in [0.25, 0.3) is 0 Å². The van der Waals surface area contributed by atoms with Gasteiger partial charge in [-0.05, 0) is 44.4 Å². The molecule has 0 bridgehead atoms. The van der Waals surface area contributed by atoms with Crippen molar-refractivity contribution in [1.29, 1.82) is 0 Å². The topological polar surface area (TPSA) is 46.5 Å². The summed E-state index contributed by atoms with van der Waals surface area (Å²) >= 11 is 3.42. The van der Waals surface area contributed by atoms with Crippen LogP contribution in [0.3, 0.4) is 0 Å². The Labute approximate surface area is 123 Å². The van der Waals surface area contributed by atoms with E-state index in [0.717, 1.165) is 22.9 Å². The van der Waals surface area contributed by atoms with E-state index in [1.54, 1.807) is 13.8 Å². The molecule has 0 atom stereocenters. The summed E-state index contributed by atoms with van der Waals surface area (Å²) in [5, 5.41) is 8.98. The standard InChI is InChI=1S/C15H21BrO3/c1-15(2,14(17)18)8-3-4-9-19-11-12-6-5-7-13(16)10-12/h5-7,10H,3-4,8-9,11H2,1-2H3,(H,17,18). The molecular formula is C15H21BrO3. The third-order valence-corrected chi connectivity index (χ3v) is 3.57. The summed E-state index contributed by atoms with van der Waals surface area (Å²) in [4.78, 5) is 10.9. The largest absolute Gasteiger partial charge is 0.481 e. The highest BCUT2D eigenvalue weighted by atomic mass is 79.9. The van der Waals surface area contributed by atoms with Crippen molar-refractivity contribution in [2.45, 2.75) is 39.7 Å². The van der Waals surface area contributed by atoms with E-state index in [1.165, 1.54) is 0 Å². The zero-order valence-corrected chi connectivity index (χ0v) is 13.1. The second-order valence-electron chi connectivity index (χ2n) is 5.33. The number of halogens is 1. The van der Waals surface area contributed by atoms with E-state index in [1.807, 2.05) is 24.3 Å². The van der Waals surface area contributed by atoms with Crippen LogP contribution in [0.25, 0.3) is 0 Å². The van der Waals surface area contributed by atoms with Gasteiger partial charge in [-0.2, -0.15) is 0 Å². The molecule has 1 rings (SSSR count). The summed E-state index contributed by atoms with van der Waals surface area (Å²) in [7, 11) is 0. The lowest BCUT2D eigenvalue weighted by molar-refractivity contribution is -0.147. The highest BCUT2D eigenvalue weighted by Crippen LogP contribution is 2.23. The Morgan fingerprint density at radius 2 is 2.11 bits per heavy atom. The Bertz CT molecular complexity index is 416. The van der Waals surface area contributed by atoms with Crippen molar-refractivity contribution in [3.63, 3.8) is 0 Å². The van der Waals surface area contributed by atoms with Crippen LogP contribution in [-0.4, -0.2) is 17.7 Å². The second-order valence-corrected chi connectivity index (χ2v) is 6.24. The molecule has 0 unspecified atom stereocenters. The number of carboxylic acids is 1. The summed E-state index contributed by atoms with van der Waals surface area (Å²) < 4.78 is 6.63. The molecule has 0 saturated carbocycles. The fraction of sp³-hybridized carbons (Fsp3) is 0.533. The van der Waals surface area contributed by atoms with Gasteiger partial charge in [0, 0.05) is 11.1 Å². The molecule has 0 saturated heterocycles. The van der Waals surface area contributed by atoms with Crippen LogP contribution < -0.4 is 0 Å². The third-order valence-electron chi connectivity index (χ3n) is 3.08. The molecule has 0 aliphatic heterocycles. The molecule has 0 aliphatic rings. The molecule has 3 nitrogen and oxygen atoms in total. The predicted octanol–water partition coefficient (Wildman–Crippen LogP) is 4.25. The van der Waals surface area contributed by atoms with Crippen LogP contribution in [0.15, 0.2) is 28.7 Å². The molecule has 1 N–H and O–H groups in total. The van der Waals surface area contributed by atoms with Crippen LogP contribution in [-0.2, 0) is 16.1 Å². The van der Waals surface area contributed by atoms with Crippen molar-refractivity contribution in [2.75, 3.05) is 6.61 Å². The molecule has 0 radical (unpaired) electrons. The van der Waals surface area contributed by atoms with Crippen molar-refractivity contribution in [1.82, 2.24) is 0 Å². The van der Waals surface area contributed by atoms with E-state index < -0.39 is 11.4 Å². The maximum absolute atomic E-state index is 10.9. The molecule has 19 heavy (non-hydrogen) atoms. The first-order valence-electron chi connectivity index (χ1n) is 6.47. The average molecular weight is 329 g/mol. The quantitative estimate of drug-likeness (QED) is 0.726. The fourth-order valence-corrected chi connectivity index (χ4v) is 2.14. The van der Waals surface area contributed by atoms with Gasteiger partial charge in [-0.1, -0.05) is 34.5 Å². The van der Waals surface area contributed by atoms with Gasteiger partial charge in [0.1, 0.15) is 0 Å². The van der Waals surface area contributed by atoms with Crippen molar-refractivity contribution in [3.05, 3.63) is 34.3 Å². The van der Waals surface area contributed by atoms with Gasteiger partial charge in [-0.25, -0.2) is 0 Å². The lowest BCUT2D eigenvalue weighted by Gasteiger charge is -2.18. The second kappa shape index (κ2) is 7.65. The minimum absolute atomic E-state index is 0.599. The zero-order chi connectivity index (χ0) is 14.3. The Hall–Kier alpha value is -0.870. The van der Waals surface area contributed by atoms with Gasteiger partial charge < -0.3 is 9.84 Å². The predicted molar refractivity (Wildman–Crippen MR) is 79.1 cm³/mol. The van der Waals surface area contributed by atoms with Crippen LogP contribution in [0.4, 0.5) is 0 Å². The molecule has 1 aromatic carbocycles. The molecule has 4 heteroatoms. The highest BCUT2D eigenvalue weighted by molar-refractivity contribution is 9.10. The molecule has 0 amide bonds. The molecule has 1 aromatic rings. The number of ether oxygens (including phenoxy) is 1. The number of hydrogen-bond acceptors (Lipinski definition) is 2.